The summed E-state index contributed by atoms with van der Waals surface area (Å²) in [5.41, 5.74) is 2.10. The molecule has 2 heterocycles. The van der Waals surface area contributed by atoms with Crippen molar-refractivity contribution in [2.24, 2.45) is 0 Å². The van der Waals surface area contributed by atoms with Crippen LogP contribution < -0.4 is 5.32 Å². The van der Waals surface area contributed by atoms with E-state index in [1.54, 1.807) is 0 Å². The van der Waals surface area contributed by atoms with Crippen molar-refractivity contribution in [2.45, 2.75) is 19.1 Å². The number of likely N-dealkylation sites (N-methyl/N-ethyl adjacent to an activating group) is 1. The molecule has 1 saturated heterocycles. The summed E-state index contributed by atoms with van der Waals surface area (Å²) in [5.74, 6) is 0. The molecule has 1 N–H and O–H groups in total. The van der Waals surface area contributed by atoms with Gasteiger partial charge in [0.2, 0.25) is 0 Å². The molecule has 1 fully saturated rings. The SMILES string of the molecule is CC(Nc1ccnc2cc(Br)ccc12)C1CN(C)CCO1. The van der Waals surface area contributed by atoms with E-state index < -0.39 is 0 Å². The number of anilines is 1. The van der Waals surface area contributed by atoms with Gasteiger partial charge < -0.3 is 15.0 Å². The third kappa shape index (κ3) is 3.36. The molecular weight excluding hydrogens is 330 g/mol. The van der Waals surface area contributed by atoms with Gasteiger partial charge >= 0.3 is 0 Å². The number of benzene rings is 1. The highest BCUT2D eigenvalue weighted by Crippen LogP contribution is 2.25. The van der Waals surface area contributed by atoms with Gasteiger partial charge in [-0.1, -0.05) is 15.9 Å². The second kappa shape index (κ2) is 6.30. The largest absolute Gasteiger partial charge is 0.379 e. The summed E-state index contributed by atoms with van der Waals surface area (Å²) in [6.07, 6.45) is 2.06. The van der Waals surface area contributed by atoms with Gasteiger partial charge in [-0.25, -0.2) is 0 Å². The van der Waals surface area contributed by atoms with Crippen LogP contribution in [0.5, 0.6) is 0 Å². The Hall–Kier alpha value is -1.17. The Balaban J connectivity index is 1.81. The molecule has 3 rings (SSSR count). The number of morpholine rings is 1. The highest BCUT2D eigenvalue weighted by Gasteiger charge is 2.23. The molecular formula is C16H20BrN3O. The molecule has 0 amide bonds. The van der Waals surface area contributed by atoms with Gasteiger partial charge in [-0.2, -0.15) is 0 Å². The highest BCUT2D eigenvalue weighted by molar-refractivity contribution is 9.10. The fraction of sp³-hybridized carbons (Fsp3) is 0.438. The Morgan fingerprint density at radius 2 is 2.29 bits per heavy atom. The van der Waals surface area contributed by atoms with Crippen molar-refractivity contribution >= 4 is 32.5 Å². The van der Waals surface area contributed by atoms with E-state index in [-0.39, 0.29) is 12.1 Å². The first kappa shape index (κ1) is 14.8. The van der Waals surface area contributed by atoms with Crippen molar-refractivity contribution < 1.29 is 4.74 Å². The zero-order chi connectivity index (χ0) is 14.8. The van der Waals surface area contributed by atoms with Crippen molar-refractivity contribution in [3.8, 4) is 0 Å². The van der Waals surface area contributed by atoms with E-state index in [0.717, 1.165) is 40.8 Å². The standard InChI is InChI=1S/C16H20BrN3O/c1-11(16-10-20(2)7-8-21-16)19-14-5-6-18-15-9-12(17)3-4-13(14)15/h3-6,9,11,16H,7-8,10H2,1-2H3,(H,18,19). The van der Waals surface area contributed by atoms with Crippen molar-refractivity contribution in [3.05, 3.63) is 34.9 Å². The maximum atomic E-state index is 5.89. The molecule has 1 aliphatic rings. The Kier molecular flexibility index (Phi) is 4.42. The van der Waals surface area contributed by atoms with Crippen LogP contribution in [0.25, 0.3) is 10.9 Å². The maximum Gasteiger partial charge on any atom is 0.0900 e. The number of ether oxygens (including phenoxy) is 1. The van der Waals surface area contributed by atoms with Crippen LogP contribution in [0.1, 0.15) is 6.92 Å². The first-order valence-electron chi connectivity index (χ1n) is 7.24. The lowest BCUT2D eigenvalue weighted by Crippen LogP contribution is -2.47. The first-order valence-corrected chi connectivity index (χ1v) is 8.04. The fourth-order valence-electron chi connectivity index (χ4n) is 2.70. The number of hydrogen-bond donors (Lipinski definition) is 1. The second-order valence-electron chi connectivity index (χ2n) is 5.62. The molecule has 2 unspecified atom stereocenters. The van der Waals surface area contributed by atoms with Crippen molar-refractivity contribution in [3.63, 3.8) is 0 Å². The van der Waals surface area contributed by atoms with Crippen LogP contribution in [0, 0.1) is 0 Å². The van der Waals surface area contributed by atoms with Gasteiger partial charge in [-0.15, -0.1) is 0 Å². The van der Waals surface area contributed by atoms with E-state index in [1.165, 1.54) is 0 Å². The average molecular weight is 350 g/mol. The monoisotopic (exact) mass is 349 g/mol. The van der Waals surface area contributed by atoms with Crippen LogP contribution >= 0.6 is 15.9 Å². The fourth-order valence-corrected chi connectivity index (χ4v) is 3.05. The zero-order valence-corrected chi connectivity index (χ0v) is 13.9. The van der Waals surface area contributed by atoms with Crippen molar-refractivity contribution in [1.29, 1.82) is 0 Å². The summed E-state index contributed by atoms with van der Waals surface area (Å²) in [6, 6.07) is 8.46. The maximum absolute atomic E-state index is 5.89. The van der Waals surface area contributed by atoms with Gasteiger partial charge in [0, 0.05) is 34.8 Å². The van der Waals surface area contributed by atoms with Crippen LogP contribution in [0.2, 0.25) is 0 Å². The first-order chi connectivity index (χ1) is 10.1. The van der Waals surface area contributed by atoms with Crippen LogP contribution in [-0.4, -0.2) is 48.8 Å². The van der Waals surface area contributed by atoms with Gasteiger partial charge in [0.1, 0.15) is 0 Å². The zero-order valence-electron chi connectivity index (χ0n) is 12.3. The number of rotatable bonds is 3. The van der Waals surface area contributed by atoms with Gasteiger partial charge in [-0.3, -0.25) is 4.98 Å². The number of halogens is 1. The van der Waals surface area contributed by atoms with E-state index >= 15 is 0 Å². The lowest BCUT2D eigenvalue weighted by atomic mass is 10.1. The Morgan fingerprint density at radius 3 is 3.10 bits per heavy atom. The molecule has 0 radical (unpaired) electrons. The number of nitrogens with zero attached hydrogens (tertiary/aromatic N) is 2. The molecule has 2 atom stereocenters. The van der Waals surface area contributed by atoms with E-state index in [1.807, 2.05) is 24.4 Å². The van der Waals surface area contributed by atoms with Gasteiger partial charge in [0.15, 0.2) is 0 Å². The summed E-state index contributed by atoms with van der Waals surface area (Å²) in [6.45, 7) is 4.95. The third-order valence-electron chi connectivity index (χ3n) is 3.94. The van der Waals surface area contributed by atoms with Gasteiger partial charge in [0.25, 0.3) is 0 Å². The van der Waals surface area contributed by atoms with Crippen molar-refractivity contribution in [1.82, 2.24) is 9.88 Å². The smallest absolute Gasteiger partial charge is 0.0900 e. The molecule has 1 aromatic heterocycles. The molecule has 1 aliphatic heterocycles. The van der Waals surface area contributed by atoms with E-state index in [0.29, 0.717) is 0 Å². The lowest BCUT2D eigenvalue weighted by Gasteiger charge is -2.34. The molecule has 0 bridgehead atoms. The van der Waals surface area contributed by atoms with E-state index in [9.17, 15) is 0 Å². The average Bonchev–Trinajstić information content (AvgIpc) is 2.47. The van der Waals surface area contributed by atoms with E-state index in [4.69, 9.17) is 4.74 Å². The summed E-state index contributed by atoms with van der Waals surface area (Å²) in [5, 5.41) is 4.72. The van der Waals surface area contributed by atoms with Gasteiger partial charge in [0.05, 0.1) is 24.3 Å². The minimum atomic E-state index is 0.211. The van der Waals surface area contributed by atoms with Crippen molar-refractivity contribution in [2.75, 3.05) is 32.1 Å². The Morgan fingerprint density at radius 1 is 1.43 bits per heavy atom. The number of nitrogens with one attached hydrogen (secondary N) is 1. The Bertz CT molecular complexity index is 634. The normalized spacial score (nSPS) is 21.4. The third-order valence-corrected chi connectivity index (χ3v) is 4.44. The summed E-state index contributed by atoms with van der Waals surface area (Å²) in [7, 11) is 2.14. The van der Waals surface area contributed by atoms with Crippen LogP contribution in [0.3, 0.4) is 0 Å². The number of hydrogen-bond acceptors (Lipinski definition) is 4. The minimum Gasteiger partial charge on any atom is -0.379 e. The topological polar surface area (TPSA) is 37.4 Å². The lowest BCUT2D eigenvalue weighted by molar-refractivity contribution is -0.0259. The predicted molar refractivity (Wildman–Crippen MR) is 89.8 cm³/mol. The summed E-state index contributed by atoms with van der Waals surface area (Å²) >= 11 is 3.49. The molecule has 112 valence electrons. The van der Waals surface area contributed by atoms with Gasteiger partial charge in [-0.05, 0) is 38.2 Å². The molecule has 5 heteroatoms. The van der Waals surface area contributed by atoms with Crippen LogP contribution in [0.4, 0.5) is 5.69 Å². The molecule has 21 heavy (non-hydrogen) atoms. The molecule has 2 aromatic rings. The summed E-state index contributed by atoms with van der Waals surface area (Å²) < 4.78 is 6.93. The van der Waals surface area contributed by atoms with E-state index in [2.05, 4.69) is 51.2 Å². The molecule has 0 saturated carbocycles. The minimum absolute atomic E-state index is 0.211. The number of aromatic nitrogens is 1. The number of fused-ring (bicyclic) bond motifs is 1. The summed E-state index contributed by atoms with van der Waals surface area (Å²) in [4.78, 5) is 6.74. The quantitative estimate of drug-likeness (QED) is 0.923. The number of pyridine rings is 1. The molecule has 1 aromatic carbocycles. The molecule has 4 nitrogen and oxygen atoms in total. The molecule has 0 spiro atoms. The second-order valence-corrected chi connectivity index (χ2v) is 6.54. The molecule has 0 aliphatic carbocycles. The van der Waals surface area contributed by atoms with Crippen LogP contribution in [-0.2, 0) is 4.74 Å². The van der Waals surface area contributed by atoms with Crippen LogP contribution in [0.15, 0.2) is 34.9 Å². The highest BCUT2D eigenvalue weighted by atomic mass is 79.9. The predicted octanol–water partition coefficient (Wildman–Crippen LogP) is 3.13. The Labute approximate surface area is 133 Å².